The van der Waals surface area contributed by atoms with Crippen molar-refractivity contribution in [1.82, 2.24) is 15.5 Å². The smallest absolute Gasteiger partial charge is 0.255 e. The molecule has 3 amide bonds. The van der Waals surface area contributed by atoms with Crippen LogP contribution in [-0.2, 0) is 22.7 Å². The molecule has 7 heteroatoms. The largest absolute Gasteiger partial charge is 0.330 e. The van der Waals surface area contributed by atoms with Gasteiger partial charge in [-0.15, -0.1) is 0 Å². The molecule has 3 atom stereocenters. The second-order valence-electron chi connectivity index (χ2n) is 9.45. The summed E-state index contributed by atoms with van der Waals surface area (Å²) in [5.74, 6) is -0.224. The van der Waals surface area contributed by atoms with Crippen molar-refractivity contribution in [2.75, 3.05) is 6.54 Å². The summed E-state index contributed by atoms with van der Waals surface area (Å²) in [5, 5.41) is 6.18. The molecule has 3 fully saturated rings. The van der Waals surface area contributed by atoms with Gasteiger partial charge in [0.05, 0.1) is 0 Å². The van der Waals surface area contributed by atoms with Crippen molar-refractivity contribution in [3.63, 3.8) is 0 Å². The number of amides is 3. The van der Waals surface area contributed by atoms with E-state index in [1.807, 2.05) is 12.1 Å². The van der Waals surface area contributed by atoms with Gasteiger partial charge in [0.1, 0.15) is 6.04 Å². The predicted molar refractivity (Wildman–Crippen MR) is 111 cm³/mol. The minimum Gasteiger partial charge on any atom is -0.330 e. The summed E-state index contributed by atoms with van der Waals surface area (Å²) >= 11 is 0. The summed E-state index contributed by atoms with van der Waals surface area (Å²) in [6, 6.07) is 5.72. The molecule has 2 aliphatic heterocycles. The van der Waals surface area contributed by atoms with Crippen LogP contribution in [0.15, 0.2) is 18.2 Å². The maximum atomic E-state index is 13.0. The Balaban J connectivity index is 1.33. The molecule has 1 saturated heterocycles. The summed E-state index contributed by atoms with van der Waals surface area (Å²) in [6.45, 7) is 1.85. The number of nitrogens with zero attached hydrogens (tertiary/aromatic N) is 1. The molecule has 2 heterocycles. The topological polar surface area (TPSA) is 105 Å². The molecule has 3 unspecified atom stereocenters. The van der Waals surface area contributed by atoms with E-state index in [9.17, 15) is 14.4 Å². The second-order valence-corrected chi connectivity index (χ2v) is 9.45. The van der Waals surface area contributed by atoms with Gasteiger partial charge in [0, 0.05) is 31.1 Å². The van der Waals surface area contributed by atoms with E-state index in [0.717, 1.165) is 11.1 Å². The lowest BCUT2D eigenvalue weighted by Gasteiger charge is -2.45. The average molecular weight is 411 g/mol. The highest BCUT2D eigenvalue weighted by molar-refractivity contribution is 6.05. The standard InChI is InChI=1S/C23H30N4O3/c24-11-14-7-10-23(8-2-9-23)20(14)25-12-15-3-1-4-16-17(15)13-27(22(16)30)18-5-6-19(28)26-21(18)29/h1,3-4,14,18,20,25H,2,5-13,24H2,(H,26,28,29). The van der Waals surface area contributed by atoms with E-state index in [1.54, 1.807) is 4.90 Å². The van der Waals surface area contributed by atoms with Crippen LogP contribution in [0, 0.1) is 11.3 Å². The molecule has 0 bridgehead atoms. The van der Waals surface area contributed by atoms with E-state index in [4.69, 9.17) is 5.73 Å². The number of hydrogen-bond acceptors (Lipinski definition) is 5. The molecule has 30 heavy (non-hydrogen) atoms. The summed E-state index contributed by atoms with van der Waals surface area (Å²) in [7, 11) is 0. The van der Waals surface area contributed by atoms with Crippen LogP contribution in [0.3, 0.4) is 0 Å². The van der Waals surface area contributed by atoms with Gasteiger partial charge in [-0.2, -0.15) is 0 Å². The quantitative estimate of drug-likeness (QED) is 0.637. The van der Waals surface area contributed by atoms with Gasteiger partial charge in [-0.25, -0.2) is 0 Å². The number of benzene rings is 1. The molecule has 160 valence electrons. The Morgan fingerprint density at radius 1 is 1.17 bits per heavy atom. The number of carbonyl (C=O) groups is 3. The molecule has 1 aromatic carbocycles. The fraction of sp³-hybridized carbons (Fsp3) is 0.609. The van der Waals surface area contributed by atoms with Gasteiger partial charge in [0.25, 0.3) is 5.91 Å². The molecular weight excluding hydrogens is 380 g/mol. The van der Waals surface area contributed by atoms with Gasteiger partial charge in [-0.3, -0.25) is 19.7 Å². The Hall–Kier alpha value is -2.25. The van der Waals surface area contributed by atoms with Crippen molar-refractivity contribution in [1.29, 1.82) is 0 Å². The Morgan fingerprint density at radius 2 is 2.00 bits per heavy atom. The van der Waals surface area contributed by atoms with E-state index < -0.39 is 6.04 Å². The first kappa shape index (κ1) is 19.7. The number of rotatable bonds is 5. The van der Waals surface area contributed by atoms with Crippen LogP contribution in [0.1, 0.15) is 66.4 Å². The van der Waals surface area contributed by atoms with Crippen LogP contribution in [0.2, 0.25) is 0 Å². The third-order valence-corrected chi connectivity index (χ3v) is 7.99. The van der Waals surface area contributed by atoms with Crippen LogP contribution in [0.4, 0.5) is 0 Å². The van der Waals surface area contributed by atoms with Crippen molar-refractivity contribution < 1.29 is 14.4 Å². The predicted octanol–water partition coefficient (Wildman–Crippen LogP) is 1.44. The first-order chi connectivity index (χ1) is 14.5. The lowest BCUT2D eigenvalue weighted by molar-refractivity contribution is -0.136. The van der Waals surface area contributed by atoms with E-state index in [2.05, 4.69) is 16.7 Å². The third-order valence-electron chi connectivity index (χ3n) is 7.99. The summed E-state index contributed by atoms with van der Waals surface area (Å²) in [4.78, 5) is 38.4. The third kappa shape index (κ3) is 3.06. The first-order valence-corrected chi connectivity index (χ1v) is 11.2. The Kier molecular flexibility index (Phi) is 4.90. The van der Waals surface area contributed by atoms with Crippen molar-refractivity contribution in [3.05, 3.63) is 34.9 Å². The SMILES string of the molecule is NCC1CCC2(CCC2)C1NCc1cccc2c1CN(C1CCC(=O)NC1=O)C2=O. The molecule has 0 radical (unpaired) electrons. The summed E-state index contributed by atoms with van der Waals surface area (Å²) < 4.78 is 0. The van der Waals surface area contributed by atoms with E-state index in [0.29, 0.717) is 49.0 Å². The number of hydrogen-bond donors (Lipinski definition) is 3. The zero-order chi connectivity index (χ0) is 20.9. The van der Waals surface area contributed by atoms with E-state index in [-0.39, 0.29) is 24.1 Å². The number of piperidine rings is 1. The number of fused-ring (bicyclic) bond motifs is 1. The van der Waals surface area contributed by atoms with Crippen LogP contribution in [0.25, 0.3) is 0 Å². The molecule has 2 aliphatic carbocycles. The summed E-state index contributed by atoms with van der Waals surface area (Å²) in [5.41, 5.74) is 9.29. The molecule has 1 spiro atoms. The fourth-order valence-corrected chi connectivity index (χ4v) is 6.16. The van der Waals surface area contributed by atoms with Gasteiger partial charge < -0.3 is 16.0 Å². The molecular formula is C23H30N4O3. The van der Waals surface area contributed by atoms with Crippen molar-refractivity contribution in [2.45, 2.75) is 70.1 Å². The van der Waals surface area contributed by atoms with Gasteiger partial charge >= 0.3 is 0 Å². The molecule has 5 rings (SSSR count). The van der Waals surface area contributed by atoms with Gasteiger partial charge in [0.2, 0.25) is 11.8 Å². The lowest BCUT2D eigenvalue weighted by Crippen LogP contribution is -2.52. The Labute approximate surface area is 176 Å². The highest BCUT2D eigenvalue weighted by Crippen LogP contribution is 2.55. The minimum absolute atomic E-state index is 0.113. The molecule has 4 N–H and O–H groups in total. The van der Waals surface area contributed by atoms with E-state index >= 15 is 0 Å². The van der Waals surface area contributed by atoms with Gasteiger partial charge in [-0.1, -0.05) is 18.6 Å². The average Bonchev–Trinajstić information content (AvgIpc) is 3.25. The van der Waals surface area contributed by atoms with Crippen molar-refractivity contribution in [3.8, 4) is 0 Å². The van der Waals surface area contributed by atoms with Crippen LogP contribution < -0.4 is 16.4 Å². The zero-order valence-electron chi connectivity index (χ0n) is 17.3. The van der Waals surface area contributed by atoms with Gasteiger partial charge in [-0.05, 0) is 67.2 Å². The fourth-order valence-electron chi connectivity index (χ4n) is 6.16. The Bertz CT molecular complexity index is 894. The van der Waals surface area contributed by atoms with Crippen LogP contribution in [0.5, 0.6) is 0 Å². The van der Waals surface area contributed by atoms with Crippen molar-refractivity contribution in [2.24, 2.45) is 17.1 Å². The van der Waals surface area contributed by atoms with Crippen molar-refractivity contribution >= 4 is 17.7 Å². The molecule has 4 aliphatic rings. The molecule has 2 saturated carbocycles. The normalized spacial score (nSPS) is 29.8. The second kappa shape index (κ2) is 7.46. The lowest BCUT2D eigenvalue weighted by atomic mass is 9.64. The number of nitrogens with two attached hydrogens (primary N) is 1. The minimum atomic E-state index is -0.571. The molecule has 1 aromatic rings. The molecule has 7 nitrogen and oxygen atoms in total. The Morgan fingerprint density at radius 3 is 2.70 bits per heavy atom. The molecule has 0 aromatic heterocycles. The van der Waals surface area contributed by atoms with Crippen LogP contribution in [-0.4, -0.2) is 41.2 Å². The monoisotopic (exact) mass is 410 g/mol. The number of imide groups is 1. The number of carbonyl (C=O) groups excluding carboxylic acids is 3. The van der Waals surface area contributed by atoms with Gasteiger partial charge in [0.15, 0.2) is 0 Å². The van der Waals surface area contributed by atoms with E-state index in [1.165, 1.54) is 32.1 Å². The highest BCUT2D eigenvalue weighted by atomic mass is 16.2. The highest BCUT2D eigenvalue weighted by Gasteiger charge is 2.51. The maximum Gasteiger partial charge on any atom is 0.255 e. The van der Waals surface area contributed by atoms with Crippen LogP contribution >= 0.6 is 0 Å². The number of nitrogens with one attached hydrogen (secondary N) is 2. The summed E-state index contributed by atoms with van der Waals surface area (Å²) in [6.07, 6.45) is 7.01. The zero-order valence-corrected chi connectivity index (χ0v) is 17.3. The maximum absolute atomic E-state index is 13.0. The first-order valence-electron chi connectivity index (χ1n) is 11.2.